The summed E-state index contributed by atoms with van der Waals surface area (Å²) in [4.78, 5) is 11.6. The lowest BCUT2D eigenvalue weighted by molar-refractivity contribution is 0.0529. The first-order valence-electron chi connectivity index (χ1n) is 9.02. The summed E-state index contributed by atoms with van der Waals surface area (Å²) in [6.45, 7) is 10.5. The van der Waals surface area contributed by atoms with Gasteiger partial charge in [0.2, 0.25) is 0 Å². The standard InChI is InChI=1S/C18H29N5O.HI/c1-4-19-18(22-16-9-13(16)2)21-11-15-5-6-17(20-10-15)23-7-8-24-14(3)12-23;/h5-6,10,13-14,16H,4,7-9,11-12H2,1-3H3,(H2,19,21,22);1H. The molecule has 2 heterocycles. The van der Waals surface area contributed by atoms with Gasteiger partial charge in [-0.15, -0.1) is 24.0 Å². The van der Waals surface area contributed by atoms with Gasteiger partial charge in [-0.25, -0.2) is 9.98 Å². The Labute approximate surface area is 167 Å². The van der Waals surface area contributed by atoms with Crippen LogP contribution in [0.2, 0.25) is 0 Å². The van der Waals surface area contributed by atoms with Gasteiger partial charge in [0, 0.05) is 31.9 Å². The Morgan fingerprint density at radius 1 is 1.40 bits per heavy atom. The fourth-order valence-corrected chi connectivity index (χ4v) is 2.91. The topological polar surface area (TPSA) is 61.8 Å². The number of hydrogen-bond donors (Lipinski definition) is 2. The summed E-state index contributed by atoms with van der Waals surface area (Å²) in [6.07, 6.45) is 3.43. The van der Waals surface area contributed by atoms with E-state index >= 15 is 0 Å². The number of pyridine rings is 1. The molecule has 2 N–H and O–H groups in total. The monoisotopic (exact) mass is 459 g/mol. The lowest BCUT2D eigenvalue weighted by Gasteiger charge is -2.32. The van der Waals surface area contributed by atoms with Gasteiger partial charge in [0.05, 0.1) is 19.3 Å². The summed E-state index contributed by atoms with van der Waals surface area (Å²) in [7, 11) is 0. The van der Waals surface area contributed by atoms with Crippen molar-refractivity contribution in [3.8, 4) is 0 Å². The smallest absolute Gasteiger partial charge is 0.191 e. The van der Waals surface area contributed by atoms with Crippen LogP contribution in [0, 0.1) is 5.92 Å². The fourth-order valence-electron chi connectivity index (χ4n) is 2.91. The zero-order valence-corrected chi connectivity index (χ0v) is 17.7. The van der Waals surface area contributed by atoms with Gasteiger partial charge < -0.3 is 20.3 Å². The average Bonchev–Trinajstić information content (AvgIpc) is 3.28. The molecule has 7 heteroatoms. The zero-order chi connectivity index (χ0) is 16.9. The van der Waals surface area contributed by atoms with Gasteiger partial charge in [0.15, 0.2) is 5.96 Å². The highest BCUT2D eigenvalue weighted by atomic mass is 127. The molecular formula is C18H30IN5O. The first-order chi connectivity index (χ1) is 11.7. The molecular weight excluding hydrogens is 429 g/mol. The SMILES string of the molecule is CCNC(=NCc1ccc(N2CCOC(C)C2)nc1)NC1CC1C.I. The quantitative estimate of drug-likeness (QED) is 0.403. The van der Waals surface area contributed by atoms with Crippen molar-refractivity contribution >= 4 is 35.8 Å². The van der Waals surface area contributed by atoms with E-state index < -0.39 is 0 Å². The highest BCUT2D eigenvalue weighted by Gasteiger charge is 2.33. The van der Waals surface area contributed by atoms with Crippen LogP contribution in [-0.2, 0) is 11.3 Å². The number of nitrogens with zero attached hydrogens (tertiary/aromatic N) is 3. The van der Waals surface area contributed by atoms with Crippen molar-refractivity contribution in [1.29, 1.82) is 0 Å². The first-order valence-corrected chi connectivity index (χ1v) is 9.02. The summed E-state index contributed by atoms with van der Waals surface area (Å²) >= 11 is 0. The van der Waals surface area contributed by atoms with Gasteiger partial charge >= 0.3 is 0 Å². The van der Waals surface area contributed by atoms with E-state index in [-0.39, 0.29) is 30.1 Å². The molecule has 3 atom stereocenters. The maximum Gasteiger partial charge on any atom is 0.191 e. The molecule has 6 nitrogen and oxygen atoms in total. The fraction of sp³-hybridized carbons (Fsp3) is 0.667. The Bertz CT molecular complexity index is 565. The molecule has 1 aliphatic carbocycles. The second-order valence-electron chi connectivity index (χ2n) is 6.81. The number of ether oxygens (including phenoxy) is 1. The molecule has 1 saturated heterocycles. The normalized spacial score (nSPS) is 26.0. The third kappa shape index (κ3) is 5.99. The number of aliphatic imine (C=N–C) groups is 1. The molecule has 140 valence electrons. The van der Waals surface area contributed by atoms with Gasteiger partial charge in [-0.3, -0.25) is 0 Å². The molecule has 1 aromatic heterocycles. The molecule has 0 bridgehead atoms. The number of halogens is 1. The number of anilines is 1. The van der Waals surface area contributed by atoms with E-state index in [0.717, 1.165) is 49.5 Å². The second-order valence-corrected chi connectivity index (χ2v) is 6.81. The number of aromatic nitrogens is 1. The molecule has 2 aliphatic rings. The molecule has 3 rings (SSSR count). The van der Waals surface area contributed by atoms with Gasteiger partial charge in [-0.2, -0.15) is 0 Å². The van der Waals surface area contributed by atoms with Crippen molar-refractivity contribution in [2.75, 3.05) is 31.1 Å². The maximum atomic E-state index is 5.58. The second kappa shape index (κ2) is 9.56. The Hall–Kier alpha value is -1.09. The molecule has 1 aromatic rings. The molecule has 0 spiro atoms. The van der Waals surface area contributed by atoms with E-state index in [0.29, 0.717) is 12.6 Å². The summed E-state index contributed by atoms with van der Waals surface area (Å²) < 4.78 is 5.58. The maximum absolute atomic E-state index is 5.58. The number of guanidine groups is 1. The third-order valence-corrected chi connectivity index (χ3v) is 4.57. The number of morpholine rings is 1. The predicted molar refractivity (Wildman–Crippen MR) is 113 cm³/mol. The highest BCUT2D eigenvalue weighted by Crippen LogP contribution is 2.28. The van der Waals surface area contributed by atoms with E-state index in [1.165, 1.54) is 6.42 Å². The third-order valence-electron chi connectivity index (χ3n) is 4.57. The number of hydrogen-bond acceptors (Lipinski definition) is 4. The van der Waals surface area contributed by atoms with Crippen LogP contribution in [0.1, 0.15) is 32.8 Å². The van der Waals surface area contributed by atoms with Gasteiger partial charge in [0.1, 0.15) is 5.82 Å². The van der Waals surface area contributed by atoms with Crippen molar-refractivity contribution in [3.05, 3.63) is 23.9 Å². The Morgan fingerprint density at radius 3 is 2.80 bits per heavy atom. The average molecular weight is 459 g/mol. The van der Waals surface area contributed by atoms with E-state index in [9.17, 15) is 0 Å². The van der Waals surface area contributed by atoms with E-state index in [1.54, 1.807) is 0 Å². The Balaban J connectivity index is 0.00000225. The summed E-state index contributed by atoms with van der Waals surface area (Å²) in [5, 5.41) is 6.79. The van der Waals surface area contributed by atoms with E-state index in [1.807, 2.05) is 6.20 Å². The van der Waals surface area contributed by atoms with Crippen molar-refractivity contribution in [2.45, 2.75) is 45.9 Å². The molecule has 1 aliphatic heterocycles. The van der Waals surface area contributed by atoms with E-state index in [4.69, 9.17) is 4.74 Å². The van der Waals surface area contributed by atoms with Crippen LogP contribution in [0.25, 0.3) is 0 Å². The predicted octanol–water partition coefficient (Wildman–Crippen LogP) is 2.39. The Kier molecular flexibility index (Phi) is 7.74. The van der Waals surface area contributed by atoms with Crippen LogP contribution in [0.3, 0.4) is 0 Å². The highest BCUT2D eigenvalue weighted by molar-refractivity contribution is 14.0. The number of nitrogens with one attached hydrogen (secondary N) is 2. The largest absolute Gasteiger partial charge is 0.375 e. The van der Waals surface area contributed by atoms with Crippen molar-refractivity contribution in [1.82, 2.24) is 15.6 Å². The van der Waals surface area contributed by atoms with Crippen LogP contribution in [0.4, 0.5) is 5.82 Å². The molecule has 0 radical (unpaired) electrons. The molecule has 1 saturated carbocycles. The van der Waals surface area contributed by atoms with Crippen LogP contribution in [0.15, 0.2) is 23.3 Å². The molecule has 25 heavy (non-hydrogen) atoms. The minimum Gasteiger partial charge on any atom is -0.375 e. The summed E-state index contributed by atoms with van der Waals surface area (Å²) in [5.41, 5.74) is 1.13. The van der Waals surface area contributed by atoms with E-state index in [2.05, 4.69) is 58.4 Å². The zero-order valence-electron chi connectivity index (χ0n) is 15.4. The number of rotatable bonds is 5. The minimum absolute atomic E-state index is 0. The Morgan fingerprint density at radius 2 is 2.20 bits per heavy atom. The summed E-state index contributed by atoms with van der Waals surface area (Å²) in [5.74, 6) is 2.68. The molecule has 0 aromatic carbocycles. The molecule has 0 amide bonds. The van der Waals surface area contributed by atoms with Crippen LogP contribution >= 0.6 is 24.0 Å². The van der Waals surface area contributed by atoms with Gasteiger partial charge in [-0.05, 0) is 37.8 Å². The first kappa shape index (κ1) is 20.2. The lowest BCUT2D eigenvalue weighted by atomic mass is 10.2. The van der Waals surface area contributed by atoms with Crippen molar-refractivity contribution < 1.29 is 4.74 Å². The van der Waals surface area contributed by atoms with Gasteiger partial charge in [0.25, 0.3) is 0 Å². The molecule has 3 unspecified atom stereocenters. The van der Waals surface area contributed by atoms with Gasteiger partial charge in [-0.1, -0.05) is 13.0 Å². The van der Waals surface area contributed by atoms with Crippen molar-refractivity contribution in [3.63, 3.8) is 0 Å². The van der Waals surface area contributed by atoms with Crippen LogP contribution < -0.4 is 15.5 Å². The lowest BCUT2D eigenvalue weighted by Crippen LogP contribution is -2.41. The van der Waals surface area contributed by atoms with Crippen molar-refractivity contribution in [2.24, 2.45) is 10.9 Å². The summed E-state index contributed by atoms with van der Waals surface area (Å²) in [6, 6.07) is 4.79. The van der Waals surface area contributed by atoms with Crippen LogP contribution in [0.5, 0.6) is 0 Å². The molecule has 2 fully saturated rings. The van der Waals surface area contributed by atoms with Crippen LogP contribution in [-0.4, -0.2) is 49.3 Å². The minimum atomic E-state index is 0.